The number of nitrogens with zero attached hydrogens (tertiary/aromatic N) is 2. The number of nitrogens with one attached hydrogen (secondary N) is 1. The maximum absolute atomic E-state index is 11.9. The molecule has 0 aliphatic carbocycles. The number of hydrogen-bond donors (Lipinski definition) is 1. The summed E-state index contributed by atoms with van der Waals surface area (Å²) in [6.07, 6.45) is 0. The van der Waals surface area contributed by atoms with Crippen molar-refractivity contribution in [1.29, 1.82) is 0 Å². The first-order chi connectivity index (χ1) is 15.5. The Hall–Kier alpha value is -3.85. The van der Waals surface area contributed by atoms with Crippen molar-refractivity contribution in [2.24, 2.45) is 5.10 Å². The summed E-state index contributed by atoms with van der Waals surface area (Å²) in [6.45, 7) is 1.75. The minimum atomic E-state index is -0.423. The largest absolute Gasteiger partial charge is 0.493 e. The number of esters is 1. The third-order valence-corrected chi connectivity index (χ3v) is 5.80. The molecule has 0 spiro atoms. The van der Waals surface area contributed by atoms with Crippen molar-refractivity contribution in [2.75, 3.05) is 26.8 Å². The van der Waals surface area contributed by atoms with E-state index in [0.29, 0.717) is 43.9 Å². The van der Waals surface area contributed by atoms with E-state index in [2.05, 4.69) is 15.5 Å². The predicted octanol–water partition coefficient (Wildman–Crippen LogP) is 4.60. The Morgan fingerprint density at radius 3 is 2.59 bits per heavy atom. The van der Waals surface area contributed by atoms with E-state index < -0.39 is 5.97 Å². The van der Waals surface area contributed by atoms with Gasteiger partial charge in [-0.05, 0) is 37.3 Å². The highest BCUT2D eigenvalue weighted by atomic mass is 32.1. The van der Waals surface area contributed by atoms with Gasteiger partial charge in [0.05, 0.1) is 32.4 Å². The van der Waals surface area contributed by atoms with E-state index in [1.165, 1.54) is 18.4 Å². The van der Waals surface area contributed by atoms with Gasteiger partial charge in [0.2, 0.25) is 5.13 Å². The van der Waals surface area contributed by atoms with E-state index in [4.69, 9.17) is 18.6 Å². The number of ether oxygens (including phenoxy) is 3. The van der Waals surface area contributed by atoms with Gasteiger partial charge in [0.1, 0.15) is 16.2 Å². The Kier molecular flexibility index (Phi) is 6.09. The SMILES string of the molecule is COC(=O)c1sc(NN=c2cc(-c3ccc(OC)c(OC)c3)oc3ccccc23)nc1C. The minimum Gasteiger partial charge on any atom is -0.493 e. The van der Waals surface area contributed by atoms with Gasteiger partial charge in [0, 0.05) is 17.0 Å². The van der Waals surface area contributed by atoms with Crippen LogP contribution in [0.4, 0.5) is 5.13 Å². The number of carbonyl (C=O) groups excluding carboxylic acids is 1. The lowest BCUT2D eigenvalue weighted by molar-refractivity contribution is 0.0605. The fourth-order valence-corrected chi connectivity index (χ4v) is 4.00. The fourth-order valence-electron chi connectivity index (χ4n) is 3.18. The predicted molar refractivity (Wildman–Crippen MR) is 122 cm³/mol. The fraction of sp³-hybridized carbons (Fsp3) is 0.174. The number of fused-ring (bicyclic) bond motifs is 1. The highest BCUT2D eigenvalue weighted by Crippen LogP contribution is 2.32. The molecule has 0 aliphatic heterocycles. The van der Waals surface area contributed by atoms with Crippen molar-refractivity contribution in [2.45, 2.75) is 6.92 Å². The Morgan fingerprint density at radius 2 is 1.84 bits per heavy atom. The molecular formula is C23H21N3O5S. The van der Waals surface area contributed by atoms with E-state index in [1.54, 1.807) is 21.1 Å². The molecule has 164 valence electrons. The number of aromatic nitrogens is 1. The van der Waals surface area contributed by atoms with Crippen LogP contribution in [0.2, 0.25) is 0 Å². The van der Waals surface area contributed by atoms with Gasteiger partial charge in [0.15, 0.2) is 11.5 Å². The van der Waals surface area contributed by atoms with Crippen molar-refractivity contribution in [1.82, 2.24) is 4.98 Å². The second-order valence-corrected chi connectivity index (χ2v) is 7.71. The van der Waals surface area contributed by atoms with Gasteiger partial charge in [-0.1, -0.05) is 23.5 Å². The van der Waals surface area contributed by atoms with Crippen LogP contribution in [0.1, 0.15) is 15.4 Å². The van der Waals surface area contributed by atoms with Gasteiger partial charge in [-0.2, -0.15) is 5.10 Å². The molecular weight excluding hydrogens is 430 g/mol. The Morgan fingerprint density at radius 1 is 1.06 bits per heavy atom. The number of rotatable bonds is 6. The van der Waals surface area contributed by atoms with Gasteiger partial charge >= 0.3 is 5.97 Å². The molecule has 2 aromatic carbocycles. The van der Waals surface area contributed by atoms with Crippen LogP contribution in [-0.4, -0.2) is 32.3 Å². The molecule has 9 heteroatoms. The Balaban J connectivity index is 1.79. The van der Waals surface area contributed by atoms with Crippen LogP contribution in [0.5, 0.6) is 11.5 Å². The minimum absolute atomic E-state index is 0.423. The second-order valence-electron chi connectivity index (χ2n) is 6.71. The molecule has 4 aromatic rings. The average molecular weight is 452 g/mol. The lowest BCUT2D eigenvalue weighted by Gasteiger charge is -2.10. The number of carbonyl (C=O) groups is 1. The molecule has 0 saturated carbocycles. The number of hydrogen-bond acceptors (Lipinski definition) is 9. The summed E-state index contributed by atoms with van der Waals surface area (Å²) in [7, 11) is 4.52. The molecule has 0 saturated heterocycles. The van der Waals surface area contributed by atoms with Crippen LogP contribution in [0.15, 0.2) is 58.0 Å². The molecule has 0 fully saturated rings. The van der Waals surface area contributed by atoms with E-state index in [1.807, 2.05) is 48.5 Å². The summed E-state index contributed by atoms with van der Waals surface area (Å²) in [5.41, 5.74) is 5.01. The molecule has 2 heterocycles. The smallest absolute Gasteiger partial charge is 0.350 e. The van der Waals surface area contributed by atoms with Crippen LogP contribution >= 0.6 is 11.3 Å². The van der Waals surface area contributed by atoms with Crippen molar-refractivity contribution in [3.05, 3.63) is 64.5 Å². The third-order valence-electron chi connectivity index (χ3n) is 4.76. The van der Waals surface area contributed by atoms with E-state index in [0.717, 1.165) is 10.9 Å². The molecule has 2 aromatic heterocycles. The van der Waals surface area contributed by atoms with Crippen LogP contribution < -0.4 is 20.3 Å². The maximum Gasteiger partial charge on any atom is 0.350 e. The number of thiazole rings is 1. The number of methoxy groups -OCH3 is 3. The van der Waals surface area contributed by atoms with Gasteiger partial charge in [0.25, 0.3) is 0 Å². The lowest BCUT2D eigenvalue weighted by atomic mass is 10.1. The summed E-state index contributed by atoms with van der Waals surface area (Å²) in [5.74, 6) is 1.41. The summed E-state index contributed by atoms with van der Waals surface area (Å²) >= 11 is 1.18. The summed E-state index contributed by atoms with van der Waals surface area (Å²) < 4.78 is 21.7. The molecule has 4 rings (SSSR count). The van der Waals surface area contributed by atoms with Crippen molar-refractivity contribution >= 4 is 33.4 Å². The molecule has 0 amide bonds. The maximum atomic E-state index is 11.9. The topological polar surface area (TPSA) is 95.2 Å². The molecule has 0 radical (unpaired) electrons. The zero-order chi connectivity index (χ0) is 22.7. The summed E-state index contributed by atoms with van der Waals surface area (Å²) in [4.78, 5) is 16.6. The standard InChI is InChI=1S/C23H21N3O5S/c1-13-21(22(27)30-4)32-23(24-13)26-25-16-12-19(31-17-8-6-5-7-15(16)17)14-9-10-18(28-2)20(11-14)29-3/h5-12H,1-4H3,(H,24,26). The normalized spacial score (nSPS) is 11.4. The van der Waals surface area contributed by atoms with Gasteiger partial charge < -0.3 is 18.6 Å². The van der Waals surface area contributed by atoms with Crippen molar-refractivity contribution < 1.29 is 23.4 Å². The second kappa shape index (κ2) is 9.11. The van der Waals surface area contributed by atoms with E-state index in [9.17, 15) is 4.79 Å². The summed E-state index contributed by atoms with van der Waals surface area (Å²) in [5, 5.41) is 6.50. The van der Waals surface area contributed by atoms with Crippen LogP contribution in [-0.2, 0) is 4.74 Å². The third kappa shape index (κ3) is 4.15. The number of para-hydroxylation sites is 1. The van der Waals surface area contributed by atoms with E-state index in [-0.39, 0.29) is 0 Å². The molecule has 8 nitrogen and oxygen atoms in total. The lowest BCUT2D eigenvalue weighted by Crippen LogP contribution is -2.07. The zero-order valence-electron chi connectivity index (χ0n) is 18.0. The van der Waals surface area contributed by atoms with Gasteiger partial charge in [-0.3, -0.25) is 5.43 Å². The van der Waals surface area contributed by atoms with Crippen LogP contribution in [0.25, 0.3) is 22.3 Å². The molecule has 1 N–H and O–H groups in total. The van der Waals surface area contributed by atoms with Crippen molar-refractivity contribution in [3.63, 3.8) is 0 Å². The Bertz CT molecular complexity index is 1360. The number of aryl methyl sites for hydroxylation is 1. The van der Waals surface area contributed by atoms with Crippen LogP contribution in [0.3, 0.4) is 0 Å². The van der Waals surface area contributed by atoms with Crippen LogP contribution in [0, 0.1) is 6.92 Å². The van der Waals surface area contributed by atoms with Gasteiger partial charge in [-0.25, -0.2) is 9.78 Å². The zero-order valence-corrected chi connectivity index (χ0v) is 18.8. The van der Waals surface area contributed by atoms with E-state index >= 15 is 0 Å². The molecule has 0 unspecified atom stereocenters. The highest BCUT2D eigenvalue weighted by molar-refractivity contribution is 7.17. The highest BCUT2D eigenvalue weighted by Gasteiger charge is 2.15. The Labute approximate surface area is 188 Å². The van der Waals surface area contributed by atoms with Gasteiger partial charge in [-0.15, -0.1) is 0 Å². The average Bonchev–Trinajstić information content (AvgIpc) is 3.21. The number of anilines is 1. The van der Waals surface area contributed by atoms with Crippen molar-refractivity contribution in [3.8, 4) is 22.8 Å². The summed E-state index contributed by atoms with van der Waals surface area (Å²) in [6, 6.07) is 15.0. The number of benzene rings is 2. The first-order valence-electron chi connectivity index (χ1n) is 9.64. The molecule has 32 heavy (non-hydrogen) atoms. The first-order valence-corrected chi connectivity index (χ1v) is 10.5. The molecule has 0 bridgehead atoms. The molecule has 0 aliphatic rings. The monoisotopic (exact) mass is 451 g/mol. The molecule has 0 atom stereocenters. The first kappa shape index (κ1) is 21.4. The quantitative estimate of drug-likeness (QED) is 0.338.